The maximum atomic E-state index is 12.0. The lowest BCUT2D eigenvalue weighted by molar-refractivity contribution is -0.138. The van der Waals surface area contributed by atoms with Gasteiger partial charge in [-0.25, -0.2) is 0 Å². The fourth-order valence-electron chi connectivity index (χ4n) is 2.16. The first-order valence-corrected chi connectivity index (χ1v) is 7.33. The molecule has 1 unspecified atom stereocenters. The second-order valence-corrected chi connectivity index (χ2v) is 5.53. The van der Waals surface area contributed by atoms with Gasteiger partial charge in [-0.15, -0.1) is 5.10 Å². The first kappa shape index (κ1) is 13.3. The first-order valence-electron chi connectivity index (χ1n) is 6.56. The van der Waals surface area contributed by atoms with Gasteiger partial charge in [-0.05, 0) is 19.3 Å². The first-order chi connectivity index (χ1) is 8.72. The molecule has 1 N–H and O–H groups in total. The van der Waals surface area contributed by atoms with Crippen LogP contribution in [-0.4, -0.2) is 33.5 Å². The molecule has 2 heterocycles. The van der Waals surface area contributed by atoms with Crippen LogP contribution in [0.1, 0.15) is 38.8 Å². The lowest BCUT2D eigenvalue weighted by atomic mass is 9.99. The molecule has 0 aliphatic carbocycles. The molecular weight excluding hydrogens is 248 g/mol. The van der Waals surface area contributed by atoms with Gasteiger partial charge in [-0.2, -0.15) is 0 Å². The summed E-state index contributed by atoms with van der Waals surface area (Å²) in [5.74, 6) is 0.396. The Kier molecular flexibility index (Phi) is 4.52. The largest absolute Gasteiger partial charge is 0.374 e. The van der Waals surface area contributed by atoms with Gasteiger partial charge in [0.15, 0.2) is 0 Å². The topological polar surface area (TPSA) is 58.1 Å². The number of anilines is 1. The van der Waals surface area contributed by atoms with Gasteiger partial charge in [0.1, 0.15) is 10.7 Å². The van der Waals surface area contributed by atoms with E-state index in [9.17, 15) is 4.79 Å². The van der Waals surface area contributed by atoms with E-state index in [1.165, 1.54) is 11.5 Å². The van der Waals surface area contributed by atoms with Crippen molar-refractivity contribution in [3.05, 3.63) is 5.69 Å². The second-order valence-electron chi connectivity index (χ2n) is 4.78. The van der Waals surface area contributed by atoms with Crippen molar-refractivity contribution in [2.45, 2.75) is 39.7 Å². The van der Waals surface area contributed by atoms with Crippen LogP contribution in [0.3, 0.4) is 0 Å². The Morgan fingerprint density at radius 2 is 2.39 bits per heavy atom. The summed E-state index contributed by atoms with van der Waals surface area (Å²) in [6.45, 7) is 6.47. The molecule has 1 atom stereocenters. The van der Waals surface area contributed by atoms with Crippen molar-refractivity contribution >= 4 is 22.4 Å². The van der Waals surface area contributed by atoms with E-state index in [1.54, 1.807) is 0 Å². The Morgan fingerprint density at radius 1 is 1.56 bits per heavy atom. The number of amides is 1. The van der Waals surface area contributed by atoms with Crippen molar-refractivity contribution in [2.75, 3.05) is 18.4 Å². The molecule has 5 nitrogen and oxygen atoms in total. The number of hydrogen-bond acceptors (Lipinski definition) is 5. The van der Waals surface area contributed by atoms with Crippen molar-refractivity contribution in [2.24, 2.45) is 5.92 Å². The number of rotatable bonds is 5. The minimum Gasteiger partial charge on any atom is -0.374 e. The molecule has 1 aromatic heterocycles. The Bertz CT molecular complexity index is 407. The Labute approximate surface area is 112 Å². The molecule has 1 amide bonds. The number of aromatic nitrogens is 2. The number of hydrogen-bond donors (Lipinski definition) is 1. The van der Waals surface area contributed by atoms with Crippen LogP contribution < -0.4 is 5.32 Å². The third-order valence-corrected chi connectivity index (χ3v) is 3.96. The molecule has 100 valence electrons. The van der Waals surface area contributed by atoms with E-state index < -0.39 is 0 Å². The van der Waals surface area contributed by atoms with Gasteiger partial charge in [0.2, 0.25) is 5.91 Å². The number of carbonyl (C=O) groups is 1. The highest BCUT2D eigenvalue weighted by Gasteiger charge is 2.26. The van der Waals surface area contributed by atoms with Crippen molar-refractivity contribution in [3.8, 4) is 0 Å². The maximum absolute atomic E-state index is 12.0. The zero-order valence-corrected chi connectivity index (χ0v) is 11.8. The van der Waals surface area contributed by atoms with Gasteiger partial charge >= 0.3 is 0 Å². The van der Waals surface area contributed by atoms with Gasteiger partial charge in [-0.3, -0.25) is 4.79 Å². The number of nitrogens with zero attached hydrogens (tertiary/aromatic N) is 3. The molecule has 1 aliphatic rings. The van der Waals surface area contributed by atoms with Crippen molar-refractivity contribution < 1.29 is 4.79 Å². The molecule has 1 saturated heterocycles. The fourth-order valence-corrected chi connectivity index (χ4v) is 2.75. The van der Waals surface area contributed by atoms with Crippen LogP contribution in [0.4, 0.5) is 5.00 Å². The van der Waals surface area contributed by atoms with Crippen molar-refractivity contribution in [1.29, 1.82) is 0 Å². The summed E-state index contributed by atoms with van der Waals surface area (Å²) in [5, 5.41) is 8.45. The van der Waals surface area contributed by atoms with E-state index in [0.29, 0.717) is 6.54 Å². The smallest absolute Gasteiger partial charge is 0.225 e. The van der Waals surface area contributed by atoms with Gasteiger partial charge < -0.3 is 10.2 Å². The third-order valence-electron chi connectivity index (χ3n) is 3.23. The predicted octanol–water partition coefficient (Wildman–Crippen LogP) is 2.12. The fraction of sp³-hybridized carbons (Fsp3) is 0.750. The van der Waals surface area contributed by atoms with Crippen molar-refractivity contribution in [3.63, 3.8) is 0 Å². The predicted molar refractivity (Wildman–Crippen MR) is 72.5 cm³/mol. The number of likely N-dealkylation sites (tertiary alicyclic amines) is 1. The molecular formula is C12H20N4OS. The molecule has 1 fully saturated rings. The average Bonchev–Trinajstić information content (AvgIpc) is 2.80. The summed E-state index contributed by atoms with van der Waals surface area (Å²) in [5.41, 5.74) is 0.899. The lowest BCUT2D eigenvalue weighted by Crippen LogP contribution is -2.39. The lowest BCUT2D eigenvalue weighted by Gasteiger charge is -2.30. The van der Waals surface area contributed by atoms with E-state index in [0.717, 1.165) is 43.0 Å². The highest BCUT2D eigenvalue weighted by atomic mass is 32.1. The summed E-state index contributed by atoms with van der Waals surface area (Å²) in [6.07, 6.45) is 3.16. The standard InChI is InChI=1S/C12H20N4OS/c1-3-6-13-11-10(14-15-18-11)8-16-7-4-5-9(2)12(16)17/h9,13H,3-8H2,1-2H3. The molecule has 18 heavy (non-hydrogen) atoms. The van der Waals surface area contributed by atoms with Crippen LogP contribution in [0, 0.1) is 5.92 Å². The minimum absolute atomic E-state index is 0.150. The van der Waals surface area contributed by atoms with Gasteiger partial charge in [0.25, 0.3) is 0 Å². The highest BCUT2D eigenvalue weighted by Crippen LogP contribution is 2.23. The zero-order valence-electron chi connectivity index (χ0n) is 11.0. The van der Waals surface area contributed by atoms with Gasteiger partial charge in [-0.1, -0.05) is 18.3 Å². The zero-order chi connectivity index (χ0) is 13.0. The molecule has 0 aromatic carbocycles. The Balaban J connectivity index is 2.00. The monoisotopic (exact) mass is 268 g/mol. The van der Waals surface area contributed by atoms with Crippen LogP contribution in [-0.2, 0) is 11.3 Å². The number of nitrogens with one attached hydrogen (secondary N) is 1. The van der Waals surface area contributed by atoms with Gasteiger partial charge in [0.05, 0.1) is 6.54 Å². The molecule has 0 saturated carbocycles. The van der Waals surface area contributed by atoms with E-state index >= 15 is 0 Å². The quantitative estimate of drug-likeness (QED) is 0.888. The summed E-state index contributed by atoms with van der Waals surface area (Å²) in [7, 11) is 0. The van der Waals surface area contributed by atoms with Crippen LogP contribution in [0.15, 0.2) is 0 Å². The molecule has 0 bridgehead atoms. The van der Waals surface area contributed by atoms with E-state index in [2.05, 4.69) is 21.8 Å². The van der Waals surface area contributed by atoms with Gasteiger partial charge in [0, 0.05) is 30.5 Å². The highest BCUT2D eigenvalue weighted by molar-refractivity contribution is 7.10. The normalized spacial score (nSPS) is 20.2. The molecule has 1 aromatic rings. The maximum Gasteiger partial charge on any atom is 0.225 e. The number of piperidine rings is 1. The Hall–Kier alpha value is -1.17. The molecule has 1 aliphatic heterocycles. The van der Waals surface area contributed by atoms with Crippen LogP contribution in [0.5, 0.6) is 0 Å². The van der Waals surface area contributed by atoms with E-state index in [4.69, 9.17) is 0 Å². The summed E-state index contributed by atoms with van der Waals surface area (Å²) in [4.78, 5) is 13.9. The summed E-state index contributed by atoms with van der Waals surface area (Å²) < 4.78 is 3.98. The van der Waals surface area contributed by atoms with E-state index in [-0.39, 0.29) is 11.8 Å². The molecule has 6 heteroatoms. The number of carbonyl (C=O) groups excluding carboxylic acids is 1. The summed E-state index contributed by atoms with van der Waals surface area (Å²) >= 11 is 1.37. The SMILES string of the molecule is CCCNc1snnc1CN1CCCC(C)C1=O. The molecule has 0 spiro atoms. The third kappa shape index (κ3) is 2.98. The second kappa shape index (κ2) is 6.13. The Morgan fingerprint density at radius 3 is 3.17 bits per heavy atom. The van der Waals surface area contributed by atoms with Crippen LogP contribution in [0.25, 0.3) is 0 Å². The van der Waals surface area contributed by atoms with Crippen LogP contribution >= 0.6 is 11.5 Å². The molecule has 2 rings (SSSR count). The average molecular weight is 268 g/mol. The molecule has 0 radical (unpaired) electrons. The van der Waals surface area contributed by atoms with E-state index in [1.807, 2.05) is 11.8 Å². The van der Waals surface area contributed by atoms with Crippen molar-refractivity contribution in [1.82, 2.24) is 14.5 Å². The summed E-state index contributed by atoms with van der Waals surface area (Å²) in [6, 6.07) is 0. The van der Waals surface area contributed by atoms with Crippen LogP contribution in [0.2, 0.25) is 0 Å². The minimum atomic E-state index is 0.150.